The summed E-state index contributed by atoms with van der Waals surface area (Å²) in [4.78, 5) is 2.28. The van der Waals surface area contributed by atoms with Crippen molar-refractivity contribution in [1.82, 2.24) is 4.90 Å². The van der Waals surface area contributed by atoms with Gasteiger partial charge in [0.05, 0.1) is 0 Å². The van der Waals surface area contributed by atoms with Crippen LogP contribution in [0.3, 0.4) is 0 Å². The van der Waals surface area contributed by atoms with E-state index in [4.69, 9.17) is 10.5 Å². The van der Waals surface area contributed by atoms with Gasteiger partial charge in [0, 0.05) is 32.8 Å². The largest absolute Gasteiger partial charge is 0.385 e. The smallest absolute Gasteiger partial charge is 0.0474 e. The van der Waals surface area contributed by atoms with E-state index in [-0.39, 0.29) is 0 Å². The van der Waals surface area contributed by atoms with Crippen LogP contribution in [-0.4, -0.2) is 44.8 Å². The van der Waals surface area contributed by atoms with Crippen LogP contribution in [0.1, 0.15) is 26.2 Å². The molecule has 0 radical (unpaired) electrons. The lowest BCUT2D eigenvalue weighted by atomic mass is 10.2. The average Bonchev–Trinajstić information content (AvgIpc) is 2.05. The lowest BCUT2D eigenvalue weighted by Crippen LogP contribution is -2.35. The average molecular weight is 188 g/mol. The van der Waals surface area contributed by atoms with Gasteiger partial charge in [-0.1, -0.05) is 13.3 Å². The molecule has 0 aliphatic rings. The maximum Gasteiger partial charge on any atom is 0.0474 e. The number of nitrogens with two attached hydrogens (primary N) is 1. The van der Waals surface area contributed by atoms with Crippen LogP contribution in [0.4, 0.5) is 0 Å². The van der Waals surface area contributed by atoms with E-state index in [2.05, 4.69) is 18.9 Å². The van der Waals surface area contributed by atoms with Crippen molar-refractivity contribution < 1.29 is 4.74 Å². The summed E-state index contributed by atoms with van der Waals surface area (Å²) in [6, 6.07) is 0.331. The summed E-state index contributed by atoms with van der Waals surface area (Å²) in [6.07, 6.45) is 3.38. The zero-order valence-corrected chi connectivity index (χ0v) is 9.25. The van der Waals surface area contributed by atoms with Crippen LogP contribution in [0.2, 0.25) is 0 Å². The first-order valence-corrected chi connectivity index (χ1v) is 5.13. The van der Waals surface area contributed by atoms with E-state index < -0.39 is 0 Å². The van der Waals surface area contributed by atoms with Gasteiger partial charge in [-0.3, -0.25) is 0 Å². The predicted octanol–water partition coefficient (Wildman–Crippen LogP) is 1.08. The van der Waals surface area contributed by atoms with Crippen LogP contribution in [0.5, 0.6) is 0 Å². The maximum atomic E-state index is 5.92. The van der Waals surface area contributed by atoms with Crippen LogP contribution in [-0.2, 0) is 4.74 Å². The van der Waals surface area contributed by atoms with Gasteiger partial charge >= 0.3 is 0 Å². The van der Waals surface area contributed by atoms with Crippen molar-refractivity contribution in [3.63, 3.8) is 0 Å². The van der Waals surface area contributed by atoms with Gasteiger partial charge in [0.1, 0.15) is 0 Å². The summed E-state index contributed by atoms with van der Waals surface area (Å²) in [6.45, 7) is 5.08. The second-order valence-electron chi connectivity index (χ2n) is 3.66. The predicted molar refractivity (Wildman–Crippen MR) is 56.9 cm³/mol. The molecule has 0 fully saturated rings. The molecule has 13 heavy (non-hydrogen) atoms. The lowest BCUT2D eigenvalue weighted by Gasteiger charge is -2.20. The molecule has 0 bridgehead atoms. The van der Waals surface area contributed by atoms with Gasteiger partial charge in [0.25, 0.3) is 0 Å². The van der Waals surface area contributed by atoms with E-state index in [1.807, 2.05) is 0 Å². The number of hydrogen-bond acceptors (Lipinski definition) is 3. The third-order valence-electron chi connectivity index (χ3n) is 2.09. The van der Waals surface area contributed by atoms with Gasteiger partial charge in [0.15, 0.2) is 0 Å². The molecule has 0 rings (SSSR count). The monoisotopic (exact) mass is 188 g/mol. The highest BCUT2D eigenvalue weighted by molar-refractivity contribution is 4.65. The van der Waals surface area contributed by atoms with Crippen molar-refractivity contribution in [3.05, 3.63) is 0 Å². The highest BCUT2D eigenvalue weighted by Crippen LogP contribution is 1.96. The van der Waals surface area contributed by atoms with E-state index in [0.29, 0.717) is 6.04 Å². The zero-order chi connectivity index (χ0) is 10.1. The Morgan fingerprint density at radius 1 is 1.46 bits per heavy atom. The number of ether oxygens (including phenoxy) is 1. The zero-order valence-electron chi connectivity index (χ0n) is 9.25. The van der Waals surface area contributed by atoms with E-state index in [1.54, 1.807) is 7.11 Å². The summed E-state index contributed by atoms with van der Waals surface area (Å²) in [7, 11) is 3.86. The summed E-state index contributed by atoms with van der Waals surface area (Å²) in [5, 5.41) is 0. The minimum atomic E-state index is 0.331. The molecule has 1 atom stereocenters. The molecular formula is C10H24N2O. The second kappa shape index (κ2) is 8.48. The highest BCUT2D eigenvalue weighted by Gasteiger charge is 2.04. The highest BCUT2D eigenvalue weighted by atomic mass is 16.5. The van der Waals surface area contributed by atoms with E-state index >= 15 is 0 Å². The van der Waals surface area contributed by atoms with Gasteiger partial charge in [-0.15, -0.1) is 0 Å². The normalized spacial score (nSPS) is 13.6. The molecule has 0 saturated carbocycles. The molecule has 0 heterocycles. The summed E-state index contributed by atoms with van der Waals surface area (Å²) >= 11 is 0. The SMILES string of the molecule is CCCC(N)CN(C)CCCOC. The number of rotatable bonds is 8. The Bertz CT molecular complexity index is 109. The number of methoxy groups -OCH3 is 1. The van der Waals surface area contributed by atoms with Crippen molar-refractivity contribution >= 4 is 0 Å². The topological polar surface area (TPSA) is 38.5 Å². The third-order valence-corrected chi connectivity index (χ3v) is 2.09. The van der Waals surface area contributed by atoms with Crippen LogP contribution < -0.4 is 5.73 Å². The fourth-order valence-corrected chi connectivity index (χ4v) is 1.43. The van der Waals surface area contributed by atoms with E-state index in [0.717, 1.165) is 32.5 Å². The number of hydrogen-bond donors (Lipinski definition) is 1. The molecular weight excluding hydrogens is 164 g/mol. The lowest BCUT2D eigenvalue weighted by molar-refractivity contribution is 0.177. The first-order valence-electron chi connectivity index (χ1n) is 5.13. The minimum Gasteiger partial charge on any atom is -0.385 e. The molecule has 0 aromatic carbocycles. The van der Waals surface area contributed by atoms with Gasteiger partial charge in [-0.05, 0) is 19.9 Å². The van der Waals surface area contributed by atoms with Crippen molar-refractivity contribution in [3.8, 4) is 0 Å². The molecule has 0 aliphatic heterocycles. The molecule has 0 aliphatic carbocycles. The fourth-order valence-electron chi connectivity index (χ4n) is 1.43. The molecule has 1 unspecified atom stereocenters. The maximum absolute atomic E-state index is 5.92. The molecule has 0 saturated heterocycles. The van der Waals surface area contributed by atoms with E-state index in [1.165, 1.54) is 6.42 Å². The summed E-state index contributed by atoms with van der Waals surface area (Å²) < 4.78 is 4.99. The first-order chi connectivity index (χ1) is 6.20. The Morgan fingerprint density at radius 3 is 2.69 bits per heavy atom. The number of likely N-dealkylation sites (N-methyl/N-ethyl adjacent to an activating group) is 1. The van der Waals surface area contributed by atoms with Crippen molar-refractivity contribution in [1.29, 1.82) is 0 Å². The summed E-state index contributed by atoms with van der Waals surface area (Å²) in [5.41, 5.74) is 5.92. The van der Waals surface area contributed by atoms with Crippen molar-refractivity contribution in [2.24, 2.45) is 5.73 Å². The van der Waals surface area contributed by atoms with Gasteiger partial charge in [-0.2, -0.15) is 0 Å². The van der Waals surface area contributed by atoms with Crippen molar-refractivity contribution in [2.75, 3.05) is 33.9 Å². The van der Waals surface area contributed by atoms with Gasteiger partial charge < -0.3 is 15.4 Å². The van der Waals surface area contributed by atoms with Crippen LogP contribution in [0, 0.1) is 0 Å². The van der Waals surface area contributed by atoms with Crippen LogP contribution >= 0.6 is 0 Å². The Hall–Kier alpha value is -0.120. The van der Waals surface area contributed by atoms with Crippen LogP contribution in [0.15, 0.2) is 0 Å². The first kappa shape index (κ1) is 12.9. The Morgan fingerprint density at radius 2 is 2.15 bits per heavy atom. The fraction of sp³-hybridized carbons (Fsp3) is 1.00. The molecule has 2 N–H and O–H groups in total. The van der Waals surface area contributed by atoms with Gasteiger partial charge in [-0.25, -0.2) is 0 Å². The Labute approximate surface area is 82.2 Å². The van der Waals surface area contributed by atoms with E-state index in [9.17, 15) is 0 Å². The molecule has 0 aromatic heterocycles. The molecule has 0 spiro atoms. The van der Waals surface area contributed by atoms with Gasteiger partial charge in [0.2, 0.25) is 0 Å². The Kier molecular flexibility index (Phi) is 8.40. The molecule has 0 aromatic rings. The summed E-state index contributed by atoms with van der Waals surface area (Å²) in [5.74, 6) is 0. The Balaban J connectivity index is 3.32. The standard InChI is InChI=1S/C10H24N2O/c1-4-6-10(11)9-12(2)7-5-8-13-3/h10H,4-9,11H2,1-3H3. The molecule has 80 valence electrons. The molecule has 3 nitrogen and oxygen atoms in total. The van der Waals surface area contributed by atoms with Crippen molar-refractivity contribution in [2.45, 2.75) is 32.2 Å². The number of nitrogens with zero attached hydrogens (tertiary/aromatic N) is 1. The molecule has 0 amide bonds. The molecule has 3 heteroatoms. The second-order valence-corrected chi connectivity index (χ2v) is 3.66. The quantitative estimate of drug-likeness (QED) is 0.579. The minimum absolute atomic E-state index is 0.331. The van der Waals surface area contributed by atoms with Crippen LogP contribution in [0.25, 0.3) is 0 Å². The third kappa shape index (κ3) is 8.22.